The topological polar surface area (TPSA) is 32.3 Å². The zero-order valence-corrected chi connectivity index (χ0v) is 10.7. The first-order chi connectivity index (χ1) is 8.31. The van der Waals surface area contributed by atoms with Crippen LogP contribution >= 0.6 is 0 Å². The van der Waals surface area contributed by atoms with Crippen molar-refractivity contribution in [1.82, 2.24) is 5.32 Å². The summed E-state index contributed by atoms with van der Waals surface area (Å²) in [5.41, 5.74) is 4.03. The van der Waals surface area contributed by atoms with Crippen molar-refractivity contribution in [3.63, 3.8) is 0 Å². The van der Waals surface area contributed by atoms with E-state index in [4.69, 9.17) is 0 Å². The maximum atomic E-state index is 10.1. The SMILES string of the molecule is CCNCCC(O)c1ccc2c(c1)CCCC2. The lowest BCUT2D eigenvalue weighted by molar-refractivity contribution is 0.167. The van der Waals surface area contributed by atoms with Gasteiger partial charge in [-0.05, 0) is 61.9 Å². The molecule has 94 valence electrons. The zero-order valence-electron chi connectivity index (χ0n) is 10.7. The van der Waals surface area contributed by atoms with Crippen LogP contribution in [0.4, 0.5) is 0 Å². The Bertz CT molecular complexity index is 362. The number of aliphatic hydroxyl groups excluding tert-OH is 1. The van der Waals surface area contributed by atoms with Crippen molar-refractivity contribution in [3.05, 3.63) is 34.9 Å². The van der Waals surface area contributed by atoms with Gasteiger partial charge in [0.05, 0.1) is 6.10 Å². The van der Waals surface area contributed by atoms with E-state index >= 15 is 0 Å². The smallest absolute Gasteiger partial charge is 0.0802 e. The Balaban J connectivity index is 2.00. The van der Waals surface area contributed by atoms with Crippen LogP contribution in [0.1, 0.15) is 49.0 Å². The minimum absolute atomic E-state index is 0.318. The number of fused-ring (bicyclic) bond motifs is 1. The fourth-order valence-corrected chi connectivity index (χ4v) is 2.54. The number of aliphatic hydroxyl groups is 1. The van der Waals surface area contributed by atoms with E-state index < -0.39 is 0 Å². The molecule has 0 aromatic heterocycles. The molecule has 0 spiro atoms. The standard InChI is InChI=1S/C15H23NO/c1-2-16-10-9-15(17)14-8-7-12-5-3-4-6-13(12)11-14/h7-8,11,15-17H,2-6,9-10H2,1H3. The molecule has 0 aliphatic heterocycles. The Hall–Kier alpha value is -0.860. The average molecular weight is 233 g/mol. The lowest BCUT2D eigenvalue weighted by atomic mass is 9.89. The highest BCUT2D eigenvalue weighted by molar-refractivity contribution is 5.34. The van der Waals surface area contributed by atoms with Gasteiger partial charge in [0, 0.05) is 0 Å². The molecule has 0 saturated carbocycles. The monoisotopic (exact) mass is 233 g/mol. The van der Waals surface area contributed by atoms with Crippen LogP contribution in [-0.2, 0) is 12.8 Å². The Morgan fingerprint density at radius 3 is 2.76 bits per heavy atom. The molecule has 1 aromatic rings. The average Bonchev–Trinajstić information content (AvgIpc) is 2.38. The molecular formula is C15H23NO. The molecule has 17 heavy (non-hydrogen) atoms. The predicted molar refractivity (Wildman–Crippen MR) is 71.2 cm³/mol. The third kappa shape index (κ3) is 3.30. The summed E-state index contributed by atoms with van der Waals surface area (Å²) in [6, 6.07) is 6.52. The molecule has 1 aliphatic carbocycles. The number of nitrogens with one attached hydrogen (secondary N) is 1. The molecule has 0 bridgehead atoms. The third-order valence-electron chi connectivity index (χ3n) is 3.60. The molecule has 0 saturated heterocycles. The Morgan fingerprint density at radius 2 is 2.00 bits per heavy atom. The molecule has 1 unspecified atom stereocenters. The fourth-order valence-electron chi connectivity index (χ4n) is 2.54. The van der Waals surface area contributed by atoms with Crippen molar-refractivity contribution in [2.45, 2.75) is 45.1 Å². The van der Waals surface area contributed by atoms with E-state index in [0.29, 0.717) is 0 Å². The highest BCUT2D eigenvalue weighted by atomic mass is 16.3. The first-order valence-electron chi connectivity index (χ1n) is 6.81. The van der Waals surface area contributed by atoms with Crippen molar-refractivity contribution in [1.29, 1.82) is 0 Å². The Kier molecular flexibility index (Phi) is 4.57. The van der Waals surface area contributed by atoms with Crippen LogP contribution in [0.2, 0.25) is 0 Å². The molecule has 2 N–H and O–H groups in total. The summed E-state index contributed by atoms with van der Waals surface area (Å²) in [7, 11) is 0. The van der Waals surface area contributed by atoms with Crippen LogP contribution in [0, 0.1) is 0 Å². The van der Waals surface area contributed by atoms with Crippen molar-refractivity contribution in [3.8, 4) is 0 Å². The summed E-state index contributed by atoms with van der Waals surface area (Å²) in [6.45, 7) is 3.94. The minimum Gasteiger partial charge on any atom is -0.388 e. The number of aryl methyl sites for hydroxylation is 2. The second-order valence-corrected chi connectivity index (χ2v) is 4.89. The molecular weight excluding hydrogens is 210 g/mol. The molecule has 2 rings (SSSR count). The van der Waals surface area contributed by atoms with Gasteiger partial charge in [-0.1, -0.05) is 25.1 Å². The van der Waals surface area contributed by atoms with Gasteiger partial charge in [-0.25, -0.2) is 0 Å². The molecule has 1 aliphatic rings. The molecule has 2 nitrogen and oxygen atoms in total. The van der Waals surface area contributed by atoms with E-state index in [-0.39, 0.29) is 6.10 Å². The maximum Gasteiger partial charge on any atom is 0.0802 e. The third-order valence-corrected chi connectivity index (χ3v) is 3.60. The Morgan fingerprint density at radius 1 is 1.24 bits per heavy atom. The summed E-state index contributed by atoms with van der Waals surface area (Å²) in [5, 5.41) is 13.4. The zero-order chi connectivity index (χ0) is 12.1. The van der Waals surface area contributed by atoms with Crippen molar-refractivity contribution in [2.75, 3.05) is 13.1 Å². The van der Waals surface area contributed by atoms with Gasteiger partial charge < -0.3 is 10.4 Å². The lowest BCUT2D eigenvalue weighted by Crippen LogP contribution is -2.17. The van der Waals surface area contributed by atoms with Gasteiger partial charge in [0.15, 0.2) is 0 Å². The molecule has 0 radical (unpaired) electrons. The summed E-state index contributed by atoms with van der Waals surface area (Å²) in [6.07, 6.45) is 5.49. The van der Waals surface area contributed by atoms with Gasteiger partial charge in [-0.3, -0.25) is 0 Å². The van der Waals surface area contributed by atoms with Crippen LogP contribution in [0.5, 0.6) is 0 Å². The van der Waals surface area contributed by atoms with Crippen molar-refractivity contribution in [2.24, 2.45) is 0 Å². The van der Waals surface area contributed by atoms with Gasteiger partial charge in [-0.2, -0.15) is 0 Å². The molecule has 0 heterocycles. The molecule has 0 fully saturated rings. The van der Waals surface area contributed by atoms with Gasteiger partial charge in [0.1, 0.15) is 0 Å². The first-order valence-corrected chi connectivity index (χ1v) is 6.81. The van der Waals surface area contributed by atoms with Gasteiger partial charge in [-0.15, -0.1) is 0 Å². The van der Waals surface area contributed by atoms with Gasteiger partial charge >= 0.3 is 0 Å². The van der Waals surface area contributed by atoms with Crippen LogP contribution in [-0.4, -0.2) is 18.2 Å². The summed E-state index contributed by atoms with van der Waals surface area (Å²) in [5.74, 6) is 0. The second-order valence-electron chi connectivity index (χ2n) is 4.89. The quantitative estimate of drug-likeness (QED) is 0.766. The van der Waals surface area contributed by atoms with Crippen molar-refractivity contribution < 1.29 is 5.11 Å². The van der Waals surface area contributed by atoms with E-state index in [9.17, 15) is 5.11 Å². The summed E-state index contributed by atoms with van der Waals surface area (Å²) < 4.78 is 0. The van der Waals surface area contributed by atoms with E-state index in [2.05, 4.69) is 30.4 Å². The highest BCUT2D eigenvalue weighted by Gasteiger charge is 2.13. The van der Waals surface area contributed by atoms with Gasteiger partial charge in [0.25, 0.3) is 0 Å². The second kappa shape index (κ2) is 6.18. The number of rotatable bonds is 5. The molecule has 1 atom stereocenters. The maximum absolute atomic E-state index is 10.1. The summed E-state index contributed by atoms with van der Waals surface area (Å²) in [4.78, 5) is 0. The van der Waals surface area contributed by atoms with Crippen molar-refractivity contribution >= 4 is 0 Å². The minimum atomic E-state index is -0.318. The number of benzene rings is 1. The van der Waals surface area contributed by atoms with E-state index in [1.807, 2.05) is 0 Å². The predicted octanol–water partition coefficient (Wildman–Crippen LogP) is 2.60. The van der Waals surface area contributed by atoms with Gasteiger partial charge in [0.2, 0.25) is 0 Å². The molecule has 2 heteroatoms. The van der Waals surface area contributed by atoms with Crippen LogP contribution in [0.3, 0.4) is 0 Å². The van der Waals surface area contributed by atoms with E-state index in [1.54, 1.807) is 0 Å². The molecule has 0 amide bonds. The van der Waals surface area contributed by atoms with Crippen LogP contribution in [0.15, 0.2) is 18.2 Å². The van der Waals surface area contributed by atoms with Crippen LogP contribution < -0.4 is 5.32 Å². The van der Waals surface area contributed by atoms with Crippen LogP contribution in [0.25, 0.3) is 0 Å². The highest BCUT2D eigenvalue weighted by Crippen LogP contribution is 2.25. The molecule has 1 aromatic carbocycles. The summed E-state index contributed by atoms with van der Waals surface area (Å²) >= 11 is 0. The lowest BCUT2D eigenvalue weighted by Gasteiger charge is -2.18. The first kappa shape index (κ1) is 12.6. The Labute approximate surface area is 104 Å². The number of hydrogen-bond acceptors (Lipinski definition) is 2. The van der Waals surface area contributed by atoms with E-state index in [0.717, 1.165) is 25.1 Å². The van der Waals surface area contributed by atoms with E-state index in [1.165, 1.54) is 36.8 Å². The normalized spacial score (nSPS) is 16.6. The number of hydrogen-bond donors (Lipinski definition) is 2. The fraction of sp³-hybridized carbons (Fsp3) is 0.600. The largest absolute Gasteiger partial charge is 0.388 e.